The van der Waals surface area contributed by atoms with Crippen LogP contribution in [0.1, 0.15) is 6.92 Å². The largest absolute Gasteiger partial charge is 0.474 e. The smallest absolute Gasteiger partial charge is 0.296 e. The summed E-state index contributed by atoms with van der Waals surface area (Å²) in [4.78, 5) is 30.7. The number of nitrogens with zero attached hydrogens (tertiary/aromatic N) is 4. The van der Waals surface area contributed by atoms with Gasteiger partial charge in [0, 0.05) is 12.6 Å². The fourth-order valence-corrected chi connectivity index (χ4v) is 4.45. The Kier molecular flexibility index (Phi) is 3.80. The Morgan fingerprint density at radius 1 is 1.04 bits per heavy atom. The van der Waals surface area contributed by atoms with E-state index < -0.39 is 7.41 Å². The van der Waals surface area contributed by atoms with Crippen LogP contribution in [0.2, 0.25) is 0 Å². The number of ether oxygens (including phenoxy) is 1. The van der Waals surface area contributed by atoms with Gasteiger partial charge in [0.05, 0.1) is 40.0 Å². The van der Waals surface area contributed by atoms with Crippen molar-refractivity contribution in [2.24, 2.45) is 0 Å². The Morgan fingerprint density at radius 3 is 2.08 bits per heavy atom. The average molecular weight is 331 g/mol. The van der Waals surface area contributed by atoms with E-state index in [1.54, 1.807) is 24.3 Å². The molecule has 0 unspecified atom stereocenters. The van der Waals surface area contributed by atoms with Gasteiger partial charge < -0.3 is 14.4 Å². The minimum absolute atomic E-state index is 0.0900. The van der Waals surface area contributed by atoms with E-state index in [1.165, 1.54) is 6.92 Å². The summed E-state index contributed by atoms with van der Waals surface area (Å²) in [5.74, 6) is 0.325. The lowest BCUT2D eigenvalue weighted by Crippen LogP contribution is -2.80. The predicted octanol–water partition coefficient (Wildman–Crippen LogP) is -0.264. The van der Waals surface area contributed by atoms with E-state index in [-0.39, 0.29) is 11.8 Å². The number of anilines is 1. The molecular weight excluding hydrogens is 309 g/mol. The third-order valence-electron chi connectivity index (χ3n) is 4.92. The number of hydrogen-bond donors (Lipinski definition) is 1. The highest BCUT2D eigenvalue weighted by molar-refractivity contribution is 6.66. The summed E-state index contributed by atoms with van der Waals surface area (Å²) in [5, 5.41) is 2.70. The lowest BCUT2D eigenvalue weighted by Gasteiger charge is -2.65. The van der Waals surface area contributed by atoms with E-state index in [9.17, 15) is 9.59 Å². The number of nitrogens with one attached hydrogen (secondary N) is 1. The van der Waals surface area contributed by atoms with Gasteiger partial charge in [-0.3, -0.25) is 9.59 Å². The zero-order valence-electron chi connectivity index (χ0n) is 14.1. The molecule has 1 amide bonds. The fourth-order valence-electron chi connectivity index (χ4n) is 4.45. The van der Waals surface area contributed by atoms with E-state index in [2.05, 4.69) is 20.0 Å². The van der Waals surface area contributed by atoms with Crippen molar-refractivity contribution in [1.82, 2.24) is 14.7 Å². The topological polar surface area (TPSA) is 65.1 Å². The molecular formula is C15H22BN5O3. The monoisotopic (exact) mass is 331 g/mol. The summed E-state index contributed by atoms with van der Waals surface area (Å²) in [6, 6.07) is 6.93. The van der Waals surface area contributed by atoms with Gasteiger partial charge in [0.15, 0.2) is 5.87 Å². The molecule has 0 spiro atoms. The van der Waals surface area contributed by atoms with Crippen molar-refractivity contribution in [3.8, 4) is 5.75 Å². The van der Waals surface area contributed by atoms with Gasteiger partial charge in [-0.1, -0.05) is 0 Å². The molecule has 4 bridgehead atoms. The Balaban J connectivity index is 1.37. The molecule has 24 heavy (non-hydrogen) atoms. The van der Waals surface area contributed by atoms with E-state index in [0.717, 1.165) is 44.4 Å². The number of amides is 1. The van der Waals surface area contributed by atoms with Crippen LogP contribution >= 0.6 is 0 Å². The van der Waals surface area contributed by atoms with Crippen LogP contribution in [0, 0.1) is 0 Å². The van der Waals surface area contributed by atoms with Gasteiger partial charge in [-0.2, -0.15) is 0 Å². The van der Waals surface area contributed by atoms with Gasteiger partial charge in [0.25, 0.3) is 7.41 Å². The van der Waals surface area contributed by atoms with Gasteiger partial charge in [-0.15, -0.1) is 0 Å². The van der Waals surface area contributed by atoms with Crippen molar-refractivity contribution in [1.29, 1.82) is 0 Å². The summed E-state index contributed by atoms with van der Waals surface area (Å²) >= 11 is 0. The first kappa shape index (κ1) is 15.6. The molecule has 4 fully saturated rings. The number of hydrogen-bond acceptors (Lipinski definition) is 6. The Bertz CT molecular complexity index is 630. The molecule has 8 nitrogen and oxygen atoms in total. The molecule has 0 aliphatic carbocycles. The number of carbonyl (C=O) groups excluding carboxylic acids is 2. The summed E-state index contributed by atoms with van der Waals surface area (Å²) in [6.07, 6.45) is 0. The summed E-state index contributed by atoms with van der Waals surface area (Å²) < 4.78 is 6.40. The Labute approximate surface area is 141 Å². The first-order chi connectivity index (χ1) is 11.5. The van der Waals surface area contributed by atoms with Gasteiger partial charge in [0.2, 0.25) is 5.91 Å². The molecule has 9 heteroatoms. The second-order valence-electron chi connectivity index (χ2n) is 7.50. The molecule has 0 radical (unpaired) electrons. The van der Waals surface area contributed by atoms with Crippen LogP contribution in [0.5, 0.6) is 5.75 Å². The number of quaternary nitrogens is 1. The van der Waals surface area contributed by atoms with Gasteiger partial charge in [0.1, 0.15) is 5.75 Å². The summed E-state index contributed by atoms with van der Waals surface area (Å²) in [7, 11) is -0.943. The lowest BCUT2D eigenvalue weighted by atomic mass is 9.86. The Hall–Kier alpha value is -1.94. The zero-order chi connectivity index (χ0) is 16.7. The quantitative estimate of drug-likeness (QED) is 0.767. The van der Waals surface area contributed by atoms with Crippen molar-refractivity contribution >= 4 is 24.9 Å². The van der Waals surface area contributed by atoms with Crippen LogP contribution in [0.3, 0.4) is 0 Å². The van der Waals surface area contributed by atoms with E-state index in [0.29, 0.717) is 11.4 Å². The second-order valence-corrected chi connectivity index (χ2v) is 7.50. The molecule has 0 atom stereocenters. The molecule has 1 aromatic rings. The van der Waals surface area contributed by atoms with E-state index in [4.69, 9.17) is 4.74 Å². The minimum atomic E-state index is -0.943. The van der Waals surface area contributed by atoms with Gasteiger partial charge in [-0.25, -0.2) is 14.7 Å². The van der Waals surface area contributed by atoms with Crippen molar-refractivity contribution in [3.05, 3.63) is 24.3 Å². The number of rotatable bonds is 4. The van der Waals surface area contributed by atoms with Crippen molar-refractivity contribution in [3.63, 3.8) is 0 Å². The molecule has 0 saturated carbocycles. The number of benzene rings is 1. The maximum Gasteiger partial charge on any atom is 0.296 e. The van der Waals surface area contributed by atoms with Crippen LogP contribution < -0.4 is 10.1 Å². The molecule has 128 valence electrons. The first-order valence-electron chi connectivity index (χ1n) is 8.38. The first-order valence-corrected chi connectivity index (χ1v) is 8.38. The average Bonchev–Trinajstić information content (AvgIpc) is 2.46. The van der Waals surface area contributed by atoms with Crippen molar-refractivity contribution in [2.75, 3.05) is 45.3 Å². The molecule has 1 N–H and O–H groups in total. The zero-order valence-corrected chi connectivity index (χ0v) is 14.1. The lowest BCUT2D eigenvalue weighted by molar-refractivity contribution is -0.886. The highest BCUT2D eigenvalue weighted by Gasteiger charge is 2.45. The van der Waals surface area contributed by atoms with Gasteiger partial charge >= 0.3 is 0 Å². The maximum absolute atomic E-state index is 12.5. The van der Waals surface area contributed by atoms with Crippen molar-refractivity contribution in [2.45, 2.75) is 6.92 Å². The molecule has 5 rings (SSSR count). The van der Waals surface area contributed by atoms with E-state index >= 15 is 0 Å². The fraction of sp³-hybridized carbons (Fsp3) is 0.467. The third-order valence-corrected chi connectivity index (χ3v) is 4.92. The van der Waals surface area contributed by atoms with Crippen LogP contribution in [-0.4, -0.2) is 78.3 Å². The molecule has 4 heterocycles. The third kappa shape index (κ3) is 3.16. The minimum Gasteiger partial charge on any atom is -0.474 e. The Morgan fingerprint density at radius 2 is 1.58 bits per heavy atom. The maximum atomic E-state index is 12.5. The molecule has 1 aromatic carbocycles. The van der Waals surface area contributed by atoms with Crippen molar-refractivity contribution < 1.29 is 18.7 Å². The van der Waals surface area contributed by atoms with Crippen LogP contribution in [0.4, 0.5) is 10.5 Å². The predicted molar refractivity (Wildman–Crippen MR) is 90.3 cm³/mol. The molecule has 4 aliphatic rings. The number of carbonyl (C=O) groups is 2. The molecule has 4 saturated heterocycles. The highest BCUT2D eigenvalue weighted by atomic mass is 16.5. The van der Waals surface area contributed by atoms with E-state index in [1.807, 2.05) is 0 Å². The molecule has 4 aliphatic heterocycles. The summed E-state index contributed by atoms with van der Waals surface area (Å²) in [6.45, 7) is 7.40. The second kappa shape index (κ2) is 5.85. The normalized spacial score (nSPS) is 33.3. The standard InChI is InChI=1S/C15H22BN5O3/c1-12(22)17-13-2-4-14(5-3-13)24-15(23)16-21-9-18-6-19(10-21)8-20(7-18)11-21/h2-5H,6-11,16H2,1H3,(H,17,22). The van der Waals surface area contributed by atoms with Gasteiger partial charge in [-0.05, 0) is 24.3 Å². The highest BCUT2D eigenvalue weighted by Crippen LogP contribution is 2.27. The van der Waals surface area contributed by atoms with Crippen LogP contribution in [0.15, 0.2) is 24.3 Å². The SMILES string of the molecule is CC(=O)Nc1ccc(OC(=O)[BH2-][N+]23CN4CN(CN(C4)C2)C3)cc1. The van der Waals surface area contributed by atoms with Crippen LogP contribution in [-0.2, 0) is 4.79 Å². The molecule has 0 aromatic heterocycles. The summed E-state index contributed by atoms with van der Waals surface area (Å²) in [5.41, 5.74) is 0.698. The van der Waals surface area contributed by atoms with Crippen LogP contribution in [0.25, 0.3) is 0 Å².